The van der Waals surface area contributed by atoms with E-state index in [1.165, 1.54) is 57.9 Å². The van der Waals surface area contributed by atoms with Crippen LogP contribution < -0.4 is 0 Å². The van der Waals surface area contributed by atoms with Gasteiger partial charge in [-0.15, -0.1) is 0 Å². The summed E-state index contributed by atoms with van der Waals surface area (Å²) >= 11 is 0. The van der Waals surface area contributed by atoms with E-state index in [2.05, 4.69) is 4.90 Å². The van der Waals surface area contributed by atoms with E-state index in [-0.39, 0.29) is 5.60 Å². The number of ether oxygens (including phenoxy) is 1. The Labute approximate surface area is 110 Å². The van der Waals surface area contributed by atoms with Crippen LogP contribution in [-0.4, -0.2) is 47.4 Å². The number of rotatable bonds is 2. The first-order valence-electron chi connectivity index (χ1n) is 7.84. The van der Waals surface area contributed by atoms with E-state index in [9.17, 15) is 5.11 Å². The minimum absolute atomic E-state index is 0.198. The Morgan fingerprint density at radius 2 is 1.94 bits per heavy atom. The van der Waals surface area contributed by atoms with Crippen molar-refractivity contribution in [2.75, 3.05) is 19.8 Å². The van der Waals surface area contributed by atoms with E-state index < -0.39 is 0 Å². The molecule has 0 aromatic carbocycles. The molecular formula is C15H27NO2. The van der Waals surface area contributed by atoms with Gasteiger partial charge in [-0.05, 0) is 45.1 Å². The Bertz CT molecular complexity index is 270. The highest BCUT2D eigenvalue weighted by Gasteiger charge is 2.42. The summed E-state index contributed by atoms with van der Waals surface area (Å²) in [5.41, 5.74) is 0.198. The molecule has 0 amide bonds. The molecule has 1 spiro atoms. The summed E-state index contributed by atoms with van der Waals surface area (Å²) in [6.45, 7) is 2.45. The van der Waals surface area contributed by atoms with Crippen LogP contribution in [0.3, 0.4) is 0 Å². The molecule has 3 fully saturated rings. The highest BCUT2D eigenvalue weighted by molar-refractivity contribution is 4.95. The lowest BCUT2D eigenvalue weighted by Crippen LogP contribution is -2.51. The molecule has 0 bridgehead atoms. The van der Waals surface area contributed by atoms with Crippen LogP contribution in [-0.2, 0) is 4.74 Å². The van der Waals surface area contributed by atoms with Crippen molar-refractivity contribution in [1.29, 1.82) is 0 Å². The standard InChI is InChI=1S/C15H27NO2/c17-12-14-5-4-9-16(14)13-6-10-18-15(11-13)7-2-1-3-8-15/h13-14,17H,1-12H2/t13?,14-/m1/s1. The average Bonchev–Trinajstić information content (AvgIpc) is 2.88. The van der Waals surface area contributed by atoms with Gasteiger partial charge in [0.25, 0.3) is 0 Å². The smallest absolute Gasteiger partial charge is 0.0697 e. The van der Waals surface area contributed by atoms with Gasteiger partial charge in [0, 0.05) is 18.7 Å². The van der Waals surface area contributed by atoms with Crippen LogP contribution in [0.1, 0.15) is 57.8 Å². The Morgan fingerprint density at radius 3 is 2.72 bits per heavy atom. The second kappa shape index (κ2) is 5.48. The second-order valence-electron chi connectivity index (χ2n) is 6.46. The minimum Gasteiger partial charge on any atom is -0.395 e. The van der Waals surface area contributed by atoms with Gasteiger partial charge in [-0.1, -0.05) is 19.3 Å². The number of aliphatic hydroxyl groups excluding tert-OH is 1. The maximum atomic E-state index is 9.50. The van der Waals surface area contributed by atoms with Crippen molar-refractivity contribution in [3.63, 3.8) is 0 Å². The van der Waals surface area contributed by atoms with E-state index >= 15 is 0 Å². The van der Waals surface area contributed by atoms with Gasteiger partial charge in [0.2, 0.25) is 0 Å². The van der Waals surface area contributed by atoms with Crippen molar-refractivity contribution in [1.82, 2.24) is 4.90 Å². The third kappa shape index (κ3) is 2.45. The van der Waals surface area contributed by atoms with Crippen LogP contribution >= 0.6 is 0 Å². The third-order valence-corrected chi connectivity index (χ3v) is 5.33. The summed E-state index contributed by atoms with van der Waals surface area (Å²) in [6, 6.07) is 1.09. The highest BCUT2D eigenvalue weighted by Crippen LogP contribution is 2.41. The molecule has 1 unspecified atom stereocenters. The quantitative estimate of drug-likeness (QED) is 0.820. The number of nitrogens with zero attached hydrogens (tertiary/aromatic N) is 1. The van der Waals surface area contributed by atoms with Crippen molar-refractivity contribution in [3.8, 4) is 0 Å². The molecule has 3 rings (SSSR count). The van der Waals surface area contributed by atoms with Crippen LogP contribution in [0.2, 0.25) is 0 Å². The number of likely N-dealkylation sites (tertiary alicyclic amines) is 1. The molecule has 2 atom stereocenters. The molecule has 0 aromatic rings. The van der Waals surface area contributed by atoms with E-state index in [1.54, 1.807) is 0 Å². The van der Waals surface area contributed by atoms with Gasteiger partial charge >= 0.3 is 0 Å². The van der Waals surface area contributed by atoms with E-state index in [4.69, 9.17) is 4.74 Å². The molecule has 2 aliphatic heterocycles. The van der Waals surface area contributed by atoms with E-state index in [0.29, 0.717) is 18.7 Å². The lowest BCUT2D eigenvalue weighted by Gasteiger charge is -2.47. The molecule has 18 heavy (non-hydrogen) atoms. The third-order valence-electron chi connectivity index (χ3n) is 5.33. The van der Waals surface area contributed by atoms with Crippen LogP contribution in [0.25, 0.3) is 0 Å². The monoisotopic (exact) mass is 253 g/mol. The predicted octanol–water partition coefficient (Wildman–Crippen LogP) is 2.33. The van der Waals surface area contributed by atoms with Crippen molar-refractivity contribution in [2.45, 2.75) is 75.5 Å². The number of aliphatic hydroxyl groups is 1. The van der Waals surface area contributed by atoms with Gasteiger partial charge in [-0.3, -0.25) is 4.90 Å². The van der Waals surface area contributed by atoms with E-state index in [0.717, 1.165) is 13.0 Å². The normalized spacial score (nSPS) is 37.2. The zero-order valence-corrected chi connectivity index (χ0v) is 11.4. The second-order valence-corrected chi connectivity index (χ2v) is 6.46. The SMILES string of the molecule is OC[C@H]1CCCN1C1CCOC2(CCCCC2)C1. The summed E-state index contributed by atoms with van der Waals surface area (Å²) in [4.78, 5) is 2.58. The van der Waals surface area contributed by atoms with Crippen molar-refractivity contribution in [2.24, 2.45) is 0 Å². The molecule has 3 nitrogen and oxygen atoms in total. The maximum absolute atomic E-state index is 9.50. The van der Waals surface area contributed by atoms with Gasteiger partial charge in [-0.25, -0.2) is 0 Å². The topological polar surface area (TPSA) is 32.7 Å². The van der Waals surface area contributed by atoms with Gasteiger partial charge in [0.1, 0.15) is 0 Å². The highest BCUT2D eigenvalue weighted by atomic mass is 16.5. The Morgan fingerprint density at radius 1 is 1.11 bits per heavy atom. The van der Waals surface area contributed by atoms with Gasteiger partial charge < -0.3 is 9.84 Å². The zero-order valence-electron chi connectivity index (χ0n) is 11.4. The summed E-state index contributed by atoms with van der Waals surface area (Å²) in [7, 11) is 0. The molecule has 3 heteroatoms. The van der Waals surface area contributed by atoms with Crippen LogP contribution in [0.5, 0.6) is 0 Å². The fraction of sp³-hybridized carbons (Fsp3) is 1.00. The van der Waals surface area contributed by atoms with Gasteiger partial charge in [-0.2, -0.15) is 0 Å². The summed E-state index contributed by atoms with van der Waals surface area (Å²) in [5.74, 6) is 0. The molecule has 1 N–H and O–H groups in total. The van der Waals surface area contributed by atoms with Crippen LogP contribution in [0, 0.1) is 0 Å². The van der Waals surface area contributed by atoms with Gasteiger partial charge in [0.05, 0.1) is 12.2 Å². The summed E-state index contributed by atoms with van der Waals surface area (Å²) in [5, 5.41) is 9.50. The number of hydrogen-bond acceptors (Lipinski definition) is 3. The van der Waals surface area contributed by atoms with Crippen molar-refractivity contribution in [3.05, 3.63) is 0 Å². The zero-order chi connectivity index (χ0) is 12.4. The summed E-state index contributed by atoms with van der Waals surface area (Å²) < 4.78 is 6.18. The maximum Gasteiger partial charge on any atom is 0.0697 e. The fourth-order valence-corrected chi connectivity index (χ4v) is 4.36. The minimum atomic E-state index is 0.198. The lowest BCUT2D eigenvalue weighted by atomic mass is 9.78. The first-order valence-corrected chi connectivity index (χ1v) is 7.84. The largest absolute Gasteiger partial charge is 0.395 e. The average molecular weight is 253 g/mol. The molecule has 1 saturated carbocycles. The molecule has 0 radical (unpaired) electrons. The molecule has 2 heterocycles. The van der Waals surface area contributed by atoms with Gasteiger partial charge in [0.15, 0.2) is 0 Å². The first kappa shape index (κ1) is 12.9. The Kier molecular flexibility index (Phi) is 3.92. The molecular weight excluding hydrogens is 226 g/mol. The van der Waals surface area contributed by atoms with Crippen molar-refractivity contribution < 1.29 is 9.84 Å². The summed E-state index contributed by atoms with van der Waals surface area (Å²) in [6.07, 6.45) is 11.4. The molecule has 104 valence electrons. The van der Waals surface area contributed by atoms with Crippen LogP contribution in [0.4, 0.5) is 0 Å². The number of hydrogen-bond donors (Lipinski definition) is 1. The van der Waals surface area contributed by atoms with Crippen LogP contribution in [0.15, 0.2) is 0 Å². The Balaban J connectivity index is 1.66. The molecule has 3 aliphatic rings. The van der Waals surface area contributed by atoms with E-state index in [1.807, 2.05) is 0 Å². The first-order chi connectivity index (χ1) is 8.83. The van der Waals surface area contributed by atoms with Crippen molar-refractivity contribution >= 4 is 0 Å². The lowest BCUT2D eigenvalue weighted by molar-refractivity contribution is -0.126. The molecule has 1 aliphatic carbocycles. The fourth-order valence-electron chi connectivity index (χ4n) is 4.36. The molecule has 0 aromatic heterocycles. The molecule has 2 saturated heterocycles. The Hall–Kier alpha value is -0.120. The predicted molar refractivity (Wildman–Crippen MR) is 71.6 cm³/mol.